The number of hydrogen-bond acceptors (Lipinski definition) is 9. The first-order chi connectivity index (χ1) is 20.1. The van der Waals surface area contributed by atoms with Gasteiger partial charge in [0.25, 0.3) is 5.91 Å². The van der Waals surface area contributed by atoms with Gasteiger partial charge < -0.3 is 29.2 Å². The van der Waals surface area contributed by atoms with Gasteiger partial charge in [-0.3, -0.25) is 14.6 Å². The molecule has 2 aliphatic rings. The minimum absolute atomic E-state index is 0.0513. The molecule has 1 N–H and O–H groups in total. The van der Waals surface area contributed by atoms with Crippen molar-refractivity contribution in [3.05, 3.63) is 53.6 Å². The number of nitriles is 1. The molecule has 2 aliphatic heterocycles. The molecule has 220 valence electrons. The third-order valence-corrected chi connectivity index (χ3v) is 7.36. The lowest BCUT2D eigenvalue weighted by Crippen LogP contribution is -2.46. The zero-order valence-corrected chi connectivity index (χ0v) is 24.1. The molecule has 2 saturated heterocycles. The Morgan fingerprint density at radius 2 is 1.68 bits per heavy atom. The van der Waals surface area contributed by atoms with Crippen LogP contribution < -0.4 is 24.4 Å². The molecule has 2 fully saturated rings. The second-order valence-corrected chi connectivity index (χ2v) is 9.99. The molecule has 10 heteroatoms. The van der Waals surface area contributed by atoms with Crippen LogP contribution in [0.2, 0.25) is 0 Å². The first-order valence-electron chi connectivity index (χ1n) is 14.2. The Balaban J connectivity index is 1.24. The van der Waals surface area contributed by atoms with E-state index in [0.29, 0.717) is 43.4 Å². The quantitative estimate of drug-likeness (QED) is 0.224. The Morgan fingerprint density at radius 1 is 0.951 bits per heavy atom. The highest BCUT2D eigenvalue weighted by molar-refractivity contribution is 6.01. The first kappa shape index (κ1) is 30.2. The van der Waals surface area contributed by atoms with Crippen molar-refractivity contribution in [1.29, 1.82) is 5.26 Å². The second kappa shape index (κ2) is 15.9. The molecule has 0 saturated carbocycles. The van der Waals surface area contributed by atoms with Crippen LogP contribution in [0.25, 0.3) is 6.08 Å². The summed E-state index contributed by atoms with van der Waals surface area (Å²) in [6.45, 7) is 9.65. The Labute approximate surface area is 243 Å². The predicted molar refractivity (Wildman–Crippen MR) is 159 cm³/mol. The first-order valence-corrected chi connectivity index (χ1v) is 14.2. The number of benzene rings is 2. The number of methoxy groups -OCH3 is 2. The monoisotopic (exact) mass is 563 g/mol. The fourth-order valence-corrected chi connectivity index (χ4v) is 5.03. The molecule has 2 heterocycles. The smallest absolute Gasteiger partial charge is 0.261 e. The lowest BCUT2D eigenvalue weighted by Gasteiger charge is -2.36. The third kappa shape index (κ3) is 8.85. The van der Waals surface area contributed by atoms with Crippen molar-refractivity contribution < 1.29 is 23.7 Å². The molecule has 1 amide bonds. The number of carbonyl (C=O) groups excluding carboxylic acids is 1. The van der Waals surface area contributed by atoms with E-state index in [9.17, 15) is 10.1 Å². The Kier molecular flexibility index (Phi) is 11.7. The standard InChI is InChI=1S/C31H41N5O5/c1-38-28-7-4-3-6-27(28)36-15-13-34(14-16-36)11-5-19-41-30-23-25(8-9-29(30)39-2)22-26(24-32)31(37)33-10-12-35-17-20-40-21-18-35/h3-4,6-9,22-23H,5,10-21H2,1-2H3,(H,33,37)/b26-22+. The molecule has 0 spiro atoms. The van der Waals surface area contributed by atoms with E-state index < -0.39 is 0 Å². The Bertz CT molecular complexity index is 1200. The molecule has 4 rings (SSSR count). The average molecular weight is 564 g/mol. The molecule has 0 aromatic heterocycles. The average Bonchev–Trinajstić information content (AvgIpc) is 3.02. The number of rotatable bonds is 13. The lowest BCUT2D eigenvalue weighted by molar-refractivity contribution is -0.117. The fraction of sp³-hybridized carbons (Fsp3) is 0.484. The van der Waals surface area contributed by atoms with Gasteiger partial charge in [-0.1, -0.05) is 18.2 Å². The van der Waals surface area contributed by atoms with Gasteiger partial charge in [0, 0.05) is 58.9 Å². The van der Waals surface area contributed by atoms with Crippen molar-refractivity contribution in [1.82, 2.24) is 15.1 Å². The zero-order chi connectivity index (χ0) is 28.9. The van der Waals surface area contributed by atoms with Crippen molar-refractivity contribution in [3.8, 4) is 23.3 Å². The number of ether oxygens (including phenoxy) is 4. The van der Waals surface area contributed by atoms with Gasteiger partial charge in [-0.15, -0.1) is 0 Å². The number of nitrogens with zero attached hydrogens (tertiary/aromatic N) is 4. The van der Waals surface area contributed by atoms with Gasteiger partial charge in [0.05, 0.1) is 39.7 Å². The van der Waals surface area contributed by atoms with Crippen LogP contribution in [0.15, 0.2) is 48.0 Å². The minimum Gasteiger partial charge on any atom is -0.495 e. The molecule has 2 aromatic rings. The summed E-state index contributed by atoms with van der Waals surface area (Å²) < 4.78 is 22.4. The second-order valence-electron chi connectivity index (χ2n) is 9.99. The third-order valence-electron chi connectivity index (χ3n) is 7.36. The van der Waals surface area contributed by atoms with E-state index in [1.165, 1.54) is 0 Å². The molecule has 10 nitrogen and oxygen atoms in total. The molecular formula is C31H41N5O5. The largest absolute Gasteiger partial charge is 0.495 e. The maximum atomic E-state index is 12.6. The molecule has 0 atom stereocenters. The summed E-state index contributed by atoms with van der Waals surface area (Å²) in [5.74, 6) is 1.73. The number of anilines is 1. The summed E-state index contributed by atoms with van der Waals surface area (Å²) in [5.41, 5.74) is 1.90. The number of morpholine rings is 1. The number of nitrogens with one attached hydrogen (secondary N) is 1. The number of piperazine rings is 1. The van der Waals surface area contributed by atoms with E-state index in [1.54, 1.807) is 26.4 Å². The van der Waals surface area contributed by atoms with E-state index >= 15 is 0 Å². The molecular weight excluding hydrogens is 522 g/mol. The highest BCUT2D eigenvalue weighted by atomic mass is 16.5. The van der Waals surface area contributed by atoms with Crippen LogP contribution in [-0.2, 0) is 9.53 Å². The number of para-hydroxylation sites is 2. The molecule has 0 radical (unpaired) electrons. The van der Waals surface area contributed by atoms with Crippen molar-refractivity contribution in [3.63, 3.8) is 0 Å². The van der Waals surface area contributed by atoms with Crippen LogP contribution in [0.1, 0.15) is 12.0 Å². The van der Waals surface area contributed by atoms with E-state index in [-0.39, 0.29) is 11.5 Å². The van der Waals surface area contributed by atoms with Crippen molar-refractivity contribution in [2.75, 3.05) is 97.8 Å². The Morgan fingerprint density at radius 3 is 2.41 bits per heavy atom. The molecule has 2 aromatic carbocycles. The highest BCUT2D eigenvalue weighted by Crippen LogP contribution is 2.30. The van der Waals surface area contributed by atoms with Crippen LogP contribution in [0.5, 0.6) is 17.2 Å². The molecule has 41 heavy (non-hydrogen) atoms. The van der Waals surface area contributed by atoms with E-state index in [4.69, 9.17) is 18.9 Å². The van der Waals surface area contributed by atoms with Crippen LogP contribution >= 0.6 is 0 Å². The summed E-state index contributed by atoms with van der Waals surface area (Å²) in [4.78, 5) is 19.7. The van der Waals surface area contributed by atoms with Gasteiger partial charge in [-0.05, 0) is 42.3 Å². The van der Waals surface area contributed by atoms with Crippen LogP contribution in [0.4, 0.5) is 5.69 Å². The molecule has 0 unspecified atom stereocenters. The van der Waals surface area contributed by atoms with Gasteiger partial charge in [0.1, 0.15) is 17.4 Å². The van der Waals surface area contributed by atoms with Gasteiger partial charge in [0.2, 0.25) is 0 Å². The summed E-state index contributed by atoms with van der Waals surface area (Å²) in [7, 11) is 3.31. The number of amides is 1. The van der Waals surface area contributed by atoms with Crippen molar-refractivity contribution >= 4 is 17.7 Å². The SMILES string of the molecule is COc1ccc(/C=C(\C#N)C(=O)NCCN2CCOCC2)cc1OCCCN1CCN(c2ccccc2OC)CC1. The van der Waals surface area contributed by atoms with Crippen LogP contribution in [0, 0.1) is 11.3 Å². The summed E-state index contributed by atoms with van der Waals surface area (Å²) in [6.07, 6.45) is 2.45. The Hall–Kier alpha value is -3.78. The summed E-state index contributed by atoms with van der Waals surface area (Å²) in [6, 6.07) is 15.6. The minimum atomic E-state index is -0.384. The fourth-order valence-electron chi connectivity index (χ4n) is 5.03. The van der Waals surface area contributed by atoms with Crippen molar-refractivity contribution in [2.24, 2.45) is 0 Å². The maximum absolute atomic E-state index is 12.6. The summed E-state index contributed by atoms with van der Waals surface area (Å²) >= 11 is 0. The van der Waals surface area contributed by atoms with E-state index in [2.05, 4.69) is 26.1 Å². The van der Waals surface area contributed by atoms with Gasteiger partial charge >= 0.3 is 0 Å². The molecule has 0 bridgehead atoms. The topological polar surface area (TPSA) is 99.5 Å². The summed E-state index contributed by atoms with van der Waals surface area (Å²) in [5, 5.41) is 12.5. The van der Waals surface area contributed by atoms with Gasteiger partial charge in [-0.25, -0.2) is 0 Å². The van der Waals surface area contributed by atoms with Crippen molar-refractivity contribution in [2.45, 2.75) is 6.42 Å². The van der Waals surface area contributed by atoms with Crippen LogP contribution in [-0.4, -0.2) is 109 Å². The zero-order valence-electron chi connectivity index (χ0n) is 24.1. The highest BCUT2D eigenvalue weighted by Gasteiger charge is 2.19. The van der Waals surface area contributed by atoms with E-state index in [0.717, 1.165) is 70.2 Å². The number of carbonyl (C=O) groups is 1. The van der Waals surface area contributed by atoms with Gasteiger partial charge in [-0.2, -0.15) is 5.26 Å². The van der Waals surface area contributed by atoms with Crippen LogP contribution in [0.3, 0.4) is 0 Å². The van der Waals surface area contributed by atoms with E-state index in [1.807, 2.05) is 36.4 Å². The number of hydrogen-bond donors (Lipinski definition) is 1. The predicted octanol–water partition coefficient (Wildman–Crippen LogP) is 2.65. The van der Waals surface area contributed by atoms with Gasteiger partial charge in [0.15, 0.2) is 11.5 Å². The maximum Gasteiger partial charge on any atom is 0.261 e. The lowest BCUT2D eigenvalue weighted by atomic mass is 10.1. The molecule has 0 aliphatic carbocycles. The normalized spacial score (nSPS) is 16.6.